The van der Waals surface area contributed by atoms with E-state index in [1.165, 1.54) is 4.57 Å². The van der Waals surface area contributed by atoms with Gasteiger partial charge in [0, 0.05) is 12.1 Å². The standard InChI is InChI=1S/C10H11ClN2O2/c1-13-8-5-7(11)4-6(2-3-12)9(8)15-10(13)14/h4-5H,2-3,12H2,1H3. The minimum atomic E-state index is -0.384. The van der Waals surface area contributed by atoms with E-state index in [0.29, 0.717) is 29.1 Å². The summed E-state index contributed by atoms with van der Waals surface area (Å²) < 4.78 is 6.56. The van der Waals surface area contributed by atoms with E-state index >= 15 is 0 Å². The molecule has 1 heterocycles. The van der Waals surface area contributed by atoms with Gasteiger partial charge >= 0.3 is 5.76 Å². The largest absolute Gasteiger partial charge is 0.419 e. The monoisotopic (exact) mass is 226 g/mol. The zero-order valence-electron chi connectivity index (χ0n) is 8.29. The summed E-state index contributed by atoms with van der Waals surface area (Å²) >= 11 is 5.94. The molecule has 0 unspecified atom stereocenters. The van der Waals surface area contributed by atoms with Gasteiger partial charge in [-0.15, -0.1) is 0 Å². The van der Waals surface area contributed by atoms with Crippen LogP contribution in [0, 0.1) is 0 Å². The molecule has 0 bridgehead atoms. The Kier molecular flexibility index (Phi) is 2.54. The molecule has 1 aromatic heterocycles. The summed E-state index contributed by atoms with van der Waals surface area (Å²) in [6, 6.07) is 3.49. The molecule has 2 rings (SSSR count). The smallest absolute Gasteiger partial charge is 0.407 e. The molecule has 1 aromatic carbocycles. The summed E-state index contributed by atoms with van der Waals surface area (Å²) in [5, 5.41) is 0.586. The van der Waals surface area contributed by atoms with Crippen molar-refractivity contribution in [1.29, 1.82) is 0 Å². The predicted octanol–water partition coefficient (Wildman–Crippen LogP) is 1.29. The highest BCUT2D eigenvalue weighted by atomic mass is 35.5. The van der Waals surface area contributed by atoms with Gasteiger partial charge in [0.1, 0.15) is 0 Å². The van der Waals surface area contributed by atoms with E-state index in [1.807, 2.05) is 0 Å². The fourth-order valence-electron chi connectivity index (χ4n) is 1.60. The minimum absolute atomic E-state index is 0.384. The molecule has 0 aliphatic carbocycles. The van der Waals surface area contributed by atoms with Gasteiger partial charge in [0.15, 0.2) is 5.58 Å². The fourth-order valence-corrected chi connectivity index (χ4v) is 1.83. The number of oxazole rings is 1. The molecule has 0 spiro atoms. The van der Waals surface area contributed by atoms with Gasteiger partial charge in [-0.2, -0.15) is 0 Å². The Labute approximate surface area is 91.2 Å². The number of rotatable bonds is 2. The van der Waals surface area contributed by atoms with Crippen LogP contribution in [0.4, 0.5) is 0 Å². The number of hydrogen-bond donors (Lipinski definition) is 1. The molecule has 0 saturated carbocycles. The summed E-state index contributed by atoms with van der Waals surface area (Å²) in [5.41, 5.74) is 7.64. The van der Waals surface area contributed by atoms with E-state index in [1.54, 1.807) is 19.2 Å². The van der Waals surface area contributed by atoms with Crippen LogP contribution in [0.3, 0.4) is 0 Å². The van der Waals surface area contributed by atoms with E-state index < -0.39 is 0 Å². The summed E-state index contributed by atoms with van der Waals surface area (Å²) in [4.78, 5) is 11.3. The predicted molar refractivity (Wildman–Crippen MR) is 59.2 cm³/mol. The van der Waals surface area contributed by atoms with Crippen LogP contribution < -0.4 is 11.5 Å². The highest BCUT2D eigenvalue weighted by molar-refractivity contribution is 6.31. The van der Waals surface area contributed by atoms with Gasteiger partial charge < -0.3 is 10.2 Å². The lowest BCUT2D eigenvalue weighted by molar-refractivity contribution is 0.525. The molecule has 0 aliphatic heterocycles. The summed E-state index contributed by atoms with van der Waals surface area (Å²) in [6.07, 6.45) is 0.643. The maximum Gasteiger partial charge on any atom is 0.419 e. The van der Waals surface area contributed by atoms with E-state index in [4.69, 9.17) is 21.8 Å². The van der Waals surface area contributed by atoms with Gasteiger partial charge in [0.05, 0.1) is 5.52 Å². The number of aromatic nitrogens is 1. The van der Waals surface area contributed by atoms with Crippen LogP contribution in [0.2, 0.25) is 5.02 Å². The van der Waals surface area contributed by atoms with Crippen LogP contribution in [0.1, 0.15) is 5.56 Å². The zero-order valence-corrected chi connectivity index (χ0v) is 9.04. The first kappa shape index (κ1) is 10.3. The van der Waals surface area contributed by atoms with Gasteiger partial charge in [-0.1, -0.05) is 11.6 Å². The van der Waals surface area contributed by atoms with Crippen LogP contribution in [-0.2, 0) is 13.5 Å². The molecular formula is C10H11ClN2O2. The number of halogens is 1. The second-order valence-corrected chi connectivity index (χ2v) is 3.82. The Morgan fingerprint density at radius 1 is 1.53 bits per heavy atom. The van der Waals surface area contributed by atoms with Crippen LogP contribution in [0.5, 0.6) is 0 Å². The van der Waals surface area contributed by atoms with Crippen molar-refractivity contribution in [3.63, 3.8) is 0 Å². The highest BCUT2D eigenvalue weighted by Gasteiger charge is 2.11. The maximum absolute atomic E-state index is 11.3. The molecule has 5 heteroatoms. The number of nitrogens with zero attached hydrogens (tertiary/aromatic N) is 1. The lowest BCUT2D eigenvalue weighted by Crippen LogP contribution is -2.08. The Hall–Kier alpha value is -1.26. The van der Waals surface area contributed by atoms with Gasteiger partial charge in [-0.05, 0) is 30.7 Å². The van der Waals surface area contributed by atoms with Crippen LogP contribution in [-0.4, -0.2) is 11.1 Å². The summed E-state index contributed by atoms with van der Waals surface area (Å²) in [7, 11) is 1.65. The van der Waals surface area contributed by atoms with Crippen molar-refractivity contribution >= 4 is 22.7 Å². The highest BCUT2D eigenvalue weighted by Crippen LogP contribution is 2.23. The second kappa shape index (κ2) is 3.72. The summed E-state index contributed by atoms with van der Waals surface area (Å²) in [5.74, 6) is -0.384. The normalized spacial score (nSPS) is 11.1. The van der Waals surface area contributed by atoms with Gasteiger partial charge in [0.2, 0.25) is 0 Å². The lowest BCUT2D eigenvalue weighted by atomic mass is 10.1. The number of aryl methyl sites for hydroxylation is 1. The third-order valence-corrected chi connectivity index (χ3v) is 2.57. The molecular weight excluding hydrogens is 216 g/mol. The molecule has 0 saturated heterocycles. The van der Waals surface area contributed by atoms with E-state index in [-0.39, 0.29) is 5.76 Å². The number of hydrogen-bond acceptors (Lipinski definition) is 3. The van der Waals surface area contributed by atoms with Crippen molar-refractivity contribution in [2.45, 2.75) is 6.42 Å². The third kappa shape index (κ3) is 1.66. The maximum atomic E-state index is 11.3. The Bertz CT molecular complexity index is 556. The molecule has 0 atom stereocenters. The first-order valence-electron chi connectivity index (χ1n) is 4.61. The Morgan fingerprint density at radius 2 is 2.27 bits per heavy atom. The summed E-state index contributed by atoms with van der Waals surface area (Å²) in [6.45, 7) is 0.494. The second-order valence-electron chi connectivity index (χ2n) is 3.38. The molecule has 2 N–H and O–H groups in total. The van der Waals surface area contributed by atoms with Crippen molar-refractivity contribution in [2.75, 3.05) is 6.54 Å². The van der Waals surface area contributed by atoms with E-state index in [0.717, 1.165) is 5.56 Å². The number of fused-ring (bicyclic) bond motifs is 1. The third-order valence-electron chi connectivity index (χ3n) is 2.35. The first-order valence-corrected chi connectivity index (χ1v) is 4.99. The molecule has 15 heavy (non-hydrogen) atoms. The van der Waals surface area contributed by atoms with Crippen LogP contribution in [0.25, 0.3) is 11.1 Å². The van der Waals surface area contributed by atoms with E-state index in [9.17, 15) is 4.79 Å². The SMILES string of the molecule is Cn1c(=O)oc2c(CCN)cc(Cl)cc21. The molecule has 0 fully saturated rings. The first-order chi connectivity index (χ1) is 7.13. The zero-order chi connectivity index (χ0) is 11.0. The van der Waals surface area contributed by atoms with Gasteiger partial charge in [0.25, 0.3) is 0 Å². The number of nitrogens with two attached hydrogens (primary N) is 1. The molecule has 0 radical (unpaired) electrons. The Morgan fingerprint density at radius 3 is 2.93 bits per heavy atom. The quantitative estimate of drug-likeness (QED) is 0.839. The van der Waals surface area contributed by atoms with Crippen LogP contribution >= 0.6 is 11.6 Å². The van der Waals surface area contributed by atoms with Gasteiger partial charge in [-0.3, -0.25) is 4.57 Å². The van der Waals surface area contributed by atoms with Gasteiger partial charge in [-0.25, -0.2) is 4.79 Å². The van der Waals surface area contributed by atoms with E-state index in [2.05, 4.69) is 0 Å². The fraction of sp³-hybridized carbons (Fsp3) is 0.300. The van der Waals surface area contributed by atoms with Crippen molar-refractivity contribution in [3.05, 3.63) is 33.3 Å². The van der Waals surface area contributed by atoms with Crippen molar-refractivity contribution in [3.8, 4) is 0 Å². The molecule has 80 valence electrons. The topological polar surface area (TPSA) is 61.2 Å². The average molecular weight is 227 g/mol. The minimum Gasteiger partial charge on any atom is -0.407 e. The van der Waals surface area contributed by atoms with Crippen molar-refractivity contribution in [1.82, 2.24) is 4.57 Å². The lowest BCUT2D eigenvalue weighted by Gasteiger charge is -2.01. The number of benzene rings is 1. The molecule has 4 nitrogen and oxygen atoms in total. The molecule has 2 aromatic rings. The van der Waals surface area contributed by atoms with Crippen molar-refractivity contribution in [2.24, 2.45) is 12.8 Å². The average Bonchev–Trinajstić information content (AvgIpc) is 2.46. The molecule has 0 aliphatic rings. The Balaban J connectivity index is 2.80. The van der Waals surface area contributed by atoms with Crippen molar-refractivity contribution < 1.29 is 4.42 Å². The van der Waals surface area contributed by atoms with Crippen LogP contribution in [0.15, 0.2) is 21.3 Å². The molecule has 0 amide bonds.